The molecule has 16 heavy (non-hydrogen) atoms. The van der Waals surface area contributed by atoms with Crippen molar-refractivity contribution in [3.63, 3.8) is 0 Å². The van der Waals surface area contributed by atoms with Crippen LogP contribution in [-0.4, -0.2) is 35.0 Å². The summed E-state index contributed by atoms with van der Waals surface area (Å²) in [7, 11) is 0. The van der Waals surface area contributed by atoms with Gasteiger partial charge in [-0.25, -0.2) is 0 Å². The predicted molar refractivity (Wildman–Crippen MR) is 63.5 cm³/mol. The van der Waals surface area contributed by atoms with Gasteiger partial charge in [-0.05, 0) is 12.1 Å². The van der Waals surface area contributed by atoms with E-state index >= 15 is 0 Å². The summed E-state index contributed by atoms with van der Waals surface area (Å²) in [5.41, 5.74) is 1.06. The Morgan fingerprint density at radius 3 is 2.44 bits per heavy atom. The number of hydrogen-bond donors (Lipinski definition) is 1. The van der Waals surface area contributed by atoms with Crippen molar-refractivity contribution in [2.75, 3.05) is 24.6 Å². The van der Waals surface area contributed by atoms with Gasteiger partial charge in [0.2, 0.25) is 0 Å². The number of aromatic nitrogens is 2. The maximum atomic E-state index is 8.94. The van der Waals surface area contributed by atoms with E-state index in [1.807, 2.05) is 12.1 Å². The summed E-state index contributed by atoms with van der Waals surface area (Å²) < 4.78 is 0. The van der Waals surface area contributed by atoms with Gasteiger partial charge in [0.25, 0.3) is 0 Å². The van der Waals surface area contributed by atoms with E-state index in [4.69, 9.17) is 5.11 Å². The lowest BCUT2D eigenvalue weighted by Crippen LogP contribution is -2.48. The van der Waals surface area contributed by atoms with Crippen LogP contribution < -0.4 is 4.90 Å². The summed E-state index contributed by atoms with van der Waals surface area (Å²) in [4.78, 5) is 2.14. The highest BCUT2D eigenvalue weighted by Crippen LogP contribution is 2.24. The number of nitrogens with zero attached hydrogens (tertiary/aromatic N) is 3. The Morgan fingerprint density at radius 1 is 1.31 bits per heavy atom. The Hall–Kier alpha value is -1.16. The molecule has 1 aliphatic heterocycles. The molecule has 0 bridgehead atoms. The molecule has 2 heterocycles. The van der Waals surface area contributed by atoms with Crippen LogP contribution in [0.25, 0.3) is 0 Å². The molecule has 88 valence electrons. The average molecular weight is 221 g/mol. The van der Waals surface area contributed by atoms with E-state index in [0.29, 0.717) is 5.92 Å². The smallest absolute Gasteiger partial charge is 0.151 e. The number of aliphatic hydroxyl groups excluding tert-OH is 1. The molecule has 0 spiro atoms. The first-order chi connectivity index (χ1) is 7.50. The second-order valence-electron chi connectivity index (χ2n) is 5.48. The van der Waals surface area contributed by atoms with Gasteiger partial charge in [-0.3, -0.25) is 0 Å². The molecule has 1 saturated heterocycles. The second kappa shape index (κ2) is 4.01. The van der Waals surface area contributed by atoms with Crippen LogP contribution in [0.2, 0.25) is 0 Å². The van der Waals surface area contributed by atoms with Crippen LogP contribution in [-0.2, 0) is 5.41 Å². The van der Waals surface area contributed by atoms with E-state index in [1.165, 1.54) is 0 Å². The second-order valence-corrected chi connectivity index (χ2v) is 5.48. The molecular weight excluding hydrogens is 202 g/mol. The SMILES string of the molecule is CC(C)(C)c1ccc(N2CC(CO)C2)nn1. The van der Waals surface area contributed by atoms with Crippen molar-refractivity contribution in [3.8, 4) is 0 Å². The first-order valence-electron chi connectivity index (χ1n) is 5.70. The Balaban J connectivity index is 2.04. The molecule has 4 nitrogen and oxygen atoms in total. The third-order valence-corrected chi connectivity index (χ3v) is 2.96. The summed E-state index contributed by atoms with van der Waals surface area (Å²) in [5, 5.41) is 17.4. The van der Waals surface area contributed by atoms with Gasteiger partial charge < -0.3 is 10.0 Å². The van der Waals surface area contributed by atoms with Crippen molar-refractivity contribution < 1.29 is 5.11 Å². The Bertz CT molecular complexity index is 350. The molecular formula is C12H19N3O. The molecule has 0 saturated carbocycles. The highest BCUT2D eigenvalue weighted by atomic mass is 16.3. The molecule has 1 aromatic heterocycles. The molecule has 0 atom stereocenters. The van der Waals surface area contributed by atoms with Gasteiger partial charge >= 0.3 is 0 Å². The fourth-order valence-corrected chi connectivity index (χ4v) is 1.77. The molecule has 0 unspecified atom stereocenters. The Kier molecular flexibility index (Phi) is 2.84. The molecule has 1 N–H and O–H groups in total. The van der Waals surface area contributed by atoms with E-state index in [-0.39, 0.29) is 12.0 Å². The largest absolute Gasteiger partial charge is 0.396 e. The van der Waals surface area contributed by atoms with E-state index in [9.17, 15) is 0 Å². The van der Waals surface area contributed by atoms with Crippen molar-refractivity contribution in [2.45, 2.75) is 26.2 Å². The molecule has 0 amide bonds. The minimum absolute atomic E-state index is 0.0497. The Morgan fingerprint density at radius 2 is 2.00 bits per heavy atom. The minimum atomic E-state index is 0.0497. The highest BCUT2D eigenvalue weighted by Gasteiger charge is 2.27. The van der Waals surface area contributed by atoms with E-state index in [2.05, 4.69) is 35.9 Å². The van der Waals surface area contributed by atoms with Gasteiger partial charge in [-0.15, -0.1) is 5.10 Å². The molecule has 2 rings (SSSR count). The first-order valence-corrected chi connectivity index (χ1v) is 5.70. The van der Waals surface area contributed by atoms with E-state index in [0.717, 1.165) is 24.6 Å². The molecule has 1 aromatic rings. The number of aliphatic hydroxyl groups is 1. The third-order valence-electron chi connectivity index (χ3n) is 2.96. The summed E-state index contributed by atoms with van der Waals surface area (Å²) in [6, 6.07) is 4.05. The fraction of sp³-hybridized carbons (Fsp3) is 0.667. The lowest BCUT2D eigenvalue weighted by Gasteiger charge is -2.38. The van der Waals surface area contributed by atoms with Crippen molar-refractivity contribution in [3.05, 3.63) is 17.8 Å². The number of rotatable bonds is 2. The van der Waals surface area contributed by atoms with Gasteiger partial charge in [0, 0.05) is 31.0 Å². The molecule has 1 fully saturated rings. The van der Waals surface area contributed by atoms with E-state index < -0.39 is 0 Å². The summed E-state index contributed by atoms with van der Waals surface area (Å²) in [6.45, 7) is 8.43. The van der Waals surface area contributed by atoms with Gasteiger partial charge in [0.05, 0.1) is 5.69 Å². The standard InChI is InChI=1S/C12H19N3O/c1-12(2,3)10-4-5-11(14-13-10)15-6-9(7-15)8-16/h4-5,9,16H,6-8H2,1-3H3. The maximum absolute atomic E-state index is 8.94. The van der Waals surface area contributed by atoms with Gasteiger partial charge in [0.1, 0.15) is 0 Å². The van der Waals surface area contributed by atoms with E-state index in [1.54, 1.807) is 0 Å². The lowest BCUT2D eigenvalue weighted by molar-refractivity contribution is 0.200. The topological polar surface area (TPSA) is 49.2 Å². The van der Waals surface area contributed by atoms with Crippen LogP contribution in [0.1, 0.15) is 26.5 Å². The average Bonchev–Trinajstić information content (AvgIpc) is 2.15. The quantitative estimate of drug-likeness (QED) is 0.815. The van der Waals surface area contributed by atoms with Gasteiger partial charge in [0.15, 0.2) is 5.82 Å². The maximum Gasteiger partial charge on any atom is 0.151 e. The summed E-state index contributed by atoms with van der Waals surface area (Å²) in [6.07, 6.45) is 0. The molecule has 4 heteroatoms. The normalized spacial score (nSPS) is 17.4. The van der Waals surface area contributed by atoms with Crippen LogP contribution in [0, 0.1) is 5.92 Å². The van der Waals surface area contributed by atoms with Crippen molar-refractivity contribution >= 4 is 5.82 Å². The molecule has 1 aliphatic rings. The zero-order valence-corrected chi connectivity index (χ0v) is 10.1. The van der Waals surface area contributed by atoms with Crippen LogP contribution >= 0.6 is 0 Å². The van der Waals surface area contributed by atoms with Crippen molar-refractivity contribution in [1.29, 1.82) is 0 Å². The van der Waals surface area contributed by atoms with Crippen molar-refractivity contribution in [1.82, 2.24) is 10.2 Å². The first kappa shape index (κ1) is 11.3. The van der Waals surface area contributed by atoms with Crippen molar-refractivity contribution in [2.24, 2.45) is 5.92 Å². The van der Waals surface area contributed by atoms with Gasteiger partial charge in [-0.2, -0.15) is 5.10 Å². The molecule has 0 aliphatic carbocycles. The molecule has 0 aromatic carbocycles. The highest BCUT2D eigenvalue weighted by molar-refractivity contribution is 5.41. The molecule has 0 radical (unpaired) electrons. The van der Waals surface area contributed by atoms with Gasteiger partial charge in [-0.1, -0.05) is 20.8 Å². The van der Waals surface area contributed by atoms with Crippen LogP contribution in [0.15, 0.2) is 12.1 Å². The monoisotopic (exact) mass is 221 g/mol. The summed E-state index contributed by atoms with van der Waals surface area (Å²) >= 11 is 0. The predicted octanol–water partition coefficient (Wildman–Crippen LogP) is 1.20. The van der Waals surface area contributed by atoms with Crippen LogP contribution in [0.4, 0.5) is 5.82 Å². The third kappa shape index (κ3) is 2.16. The Labute approximate surface area is 96.3 Å². The fourth-order valence-electron chi connectivity index (χ4n) is 1.77. The van der Waals surface area contributed by atoms with Crippen LogP contribution in [0.5, 0.6) is 0 Å². The number of anilines is 1. The number of hydrogen-bond acceptors (Lipinski definition) is 4. The minimum Gasteiger partial charge on any atom is -0.396 e. The van der Waals surface area contributed by atoms with Crippen LogP contribution in [0.3, 0.4) is 0 Å². The zero-order chi connectivity index (χ0) is 11.8. The zero-order valence-electron chi connectivity index (χ0n) is 10.1. The lowest BCUT2D eigenvalue weighted by atomic mass is 9.92. The summed E-state index contributed by atoms with van der Waals surface area (Å²) in [5.74, 6) is 1.32.